The number of hydrogen-bond acceptors (Lipinski definition) is 4. The van der Waals surface area contributed by atoms with Crippen molar-refractivity contribution >= 4 is 10.9 Å². The summed E-state index contributed by atoms with van der Waals surface area (Å²) in [7, 11) is 0. The number of fused-ring (bicyclic) bond motifs is 1. The molecule has 6 heteroatoms. The average Bonchev–Trinajstić information content (AvgIpc) is 3.03. The Morgan fingerprint density at radius 1 is 1.22 bits per heavy atom. The van der Waals surface area contributed by atoms with Crippen LogP contribution in [-0.4, -0.2) is 24.3 Å². The molecule has 0 fully saturated rings. The average molecular weight is 311 g/mol. The van der Waals surface area contributed by atoms with Gasteiger partial charge in [-0.15, -0.1) is 0 Å². The third kappa shape index (κ3) is 2.76. The molecule has 0 unspecified atom stereocenters. The van der Waals surface area contributed by atoms with Gasteiger partial charge in [-0.3, -0.25) is 9.36 Å². The zero-order valence-electron chi connectivity index (χ0n) is 13.7. The Morgan fingerprint density at radius 2 is 2.04 bits per heavy atom. The van der Waals surface area contributed by atoms with Crippen LogP contribution >= 0.6 is 0 Å². The molecule has 2 heterocycles. The van der Waals surface area contributed by atoms with E-state index in [0.29, 0.717) is 5.39 Å². The minimum Gasteiger partial charge on any atom is -0.288 e. The van der Waals surface area contributed by atoms with E-state index in [2.05, 4.69) is 28.9 Å². The molecular formula is C17H21N5O. The predicted octanol–water partition coefficient (Wildman–Crippen LogP) is 2.57. The highest BCUT2D eigenvalue weighted by molar-refractivity contribution is 5.78. The number of aromatic nitrogens is 5. The van der Waals surface area contributed by atoms with Crippen LogP contribution in [0.3, 0.4) is 0 Å². The van der Waals surface area contributed by atoms with Crippen LogP contribution in [0.1, 0.15) is 44.6 Å². The first-order valence-electron chi connectivity index (χ1n) is 8.03. The van der Waals surface area contributed by atoms with Crippen molar-refractivity contribution in [1.29, 1.82) is 0 Å². The molecule has 0 saturated carbocycles. The van der Waals surface area contributed by atoms with Gasteiger partial charge in [-0.2, -0.15) is 5.10 Å². The van der Waals surface area contributed by atoms with Gasteiger partial charge in [0.1, 0.15) is 12.2 Å². The van der Waals surface area contributed by atoms with Gasteiger partial charge in [-0.25, -0.2) is 14.6 Å². The maximum atomic E-state index is 12.9. The van der Waals surface area contributed by atoms with E-state index in [1.807, 2.05) is 29.8 Å². The van der Waals surface area contributed by atoms with Gasteiger partial charge in [0.2, 0.25) is 0 Å². The van der Waals surface area contributed by atoms with E-state index in [1.165, 1.54) is 6.33 Å². The number of nitrogens with zero attached hydrogens (tertiary/aromatic N) is 5. The highest BCUT2D eigenvalue weighted by Crippen LogP contribution is 2.16. The van der Waals surface area contributed by atoms with Gasteiger partial charge in [-0.1, -0.05) is 19.9 Å². The van der Waals surface area contributed by atoms with Gasteiger partial charge in [0, 0.05) is 6.54 Å². The zero-order chi connectivity index (χ0) is 16.4. The minimum absolute atomic E-state index is 0.0381. The SMILES string of the molecule is CCCn1ncnc1[C@H](C)n1cnc2ccc(CC)cc2c1=O. The lowest BCUT2D eigenvalue weighted by atomic mass is 10.1. The smallest absolute Gasteiger partial charge is 0.261 e. The van der Waals surface area contributed by atoms with E-state index < -0.39 is 0 Å². The van der Waals surface area contributed by atoms with E-state index in [4.69, 9.17) is 0 Å². The second kappa shape index (κ2) is 6.32. The molecule has 0 aliphatic heterocycles. The molecular weight excluding hydrogens is 290 g/mol. The lowest BCUT2D eigenvalue weighted by Gasteiger charge is -2.15. The molecule has 120 valence electrons. The molecule has 3 aromatic rings. The van der Waals surface area contributed by atoms with E-state index >= 15 is 0 Å². The van der Waals surface area contributed by atoms with Crippen LogP contribution in [-0.2, 0) is 13.0 Å². The van der Waals surface area contributed by atoms with Gasteiger partial charge >= 0.3 is 0 Å². The zero-order valence-corrected chi connectivity index (χ0v) is 13.7. The predicted molar refractivity (Wildman–Crippen MR) is 89.5 cm³/mol. The number of hydrogen-bond donors (Lipinski definition) is 0. The summed E-state index contributed by atoms with van der Waals surface area (Å²) in [5.74, 6) is 0.779. The highest BCUT2D eigenvalue weighted by Gasteiger charge is 2.17. The lowest BCUT2D eigenvalue weighted by Crippen LogP contribution is -2.26. The highest BCUT2D eigenvalue weighted by atomic mass is 16.1. The number of benzene rings is 1. The van der Waals surface area contributed by atoms with E-state index in [9.17, 15) is 4.79 Å². The fourth-order valence-electron chi connectivity index (χ4n) is 2.78. The molecule has 0 aliphatic rings. The van der Waals surface area contributed by atoms with Crippen molar-refractivity contribution in [3.05, 3.63) is 52.6 Å². The third-order valence-corrected chi connectivity index (χ3v) is 4.13. The first-order valence-corrected chi connectivity index (χ1v) is 8.03. The van der Waals surface area contributed by atoms with Crippen molar-refractivity contribution in [3.8, 4) is 0 Å². The molecule has 0 N–H and O–H groups in total. The molecule has 2 aromatic heterocycles. The summed E-state index contributed by atoms with van der Waals surface area (Å²) in [6.45, 7) is 6.91. The molecule has 0 saturated heterocycles. The first kappa shape index (κ1) is 15.4. The fraction of sp³-hybridized carbons (Fsp3) is 0.412. The molecule has 0 aliphatic carbocycles. The van der Waals surface area contributed by atoms with Crippen LogP contribution in [0.15, 0.2) is 35.6 Å². The largest absolute Gasteiger partial charge is 0.288 e. The van der Waals surface area contributed by atoms with Crippen LogP contribution in [0, 0.1) is 0 Å². The van der Waals surface area contributed by atoms with Crippen molar-refractivity contribution in [3.63, 3.8) is 0 Å². The summed E-state index contributed by atoms with van der Waals surface area (Å²) in [5.41, 5.74) is 1.82. The Labute approximate surface area is 134 Å². The quantitative estimate of drug-likeness (QED) is 0.726. The van der Waals surface area contributed by atoms with Gasteiger partial charge in [-0.05, 0) is 37.5 Å². The Kier molecular flexibility index (Phi) is 4.23. The summed E-state index contributed by atoms with van der Waals surface area (Å²) in [6, 6.07) is 5.65. The molecule has 23 heavy (non-hydrogen) atoms. The molecule has 3 rings (SSSR count). The van der Waals surface area contributed by atoms with Crippen LogP contribution < -0.4 is 5.56 Å². The van der Waals surface area contributed by atoms with Crippen molar-refractivity contribution < 1.29 is 0 Å². The van der Waals surface area contributed by atoms with E-state index in [0.717, 1.165) is 36.3 Å². The molecule has 1 atom stereocenters. The monoisotopic (exact) mass is 311 g/mol. The second-order valence-electron chi connectivity index (χ2n) is 5.68. The summed E-state index contributed by atoms with van der Waals surface area (Å²) in [4.78, 5) is 21.6. The van der Waals surface area contributed by atoms with Crippen molar-refractivity contribution in [1.82, 2.24) is 24.3 Å². The molecule has 0 spiro atoms. The maximum absolute atomic E-state index is 12.9. The van der Waals surface area contributed by atoms with Gasteiger partial charge < -0.3 is 0 Å². The Morgan fingerprint density at radius 3 is 2.78 bits per heavy atom. The molecule has 0 radical (unpaired) electrons. The van der Waals surface area contributed by atoms with Crippen LogP contribution in [0.25, 0.3) is 10.9 Å². The van der Waals surface area contributed by atoms with Crippen molar-refractivity contribution in [2.75, 3.05) is 0 Å². The molecule has 0 amide bonds. The summed E-state index contributed by atoms with van der Waals surface area (Å²) in [5, 5.41) is 4.89. The van der Waals surface area contributed by atoms with Crippen LogP contribution in [0.4, 0.5) is 0 Å². The van der Waals surface area contributed by atoms with Crippen molar-refractivity contribution in [2.24, 2.45) is 0 Å². The Hall–Kier alpha value is -2.50. The van der Waals surface area contributed by atoms with Crippen LogP contribution in [0.2, 0.25) is 0 Å². The summed E-state index contributed by atoms with van der Waals surface area (Å²) < 4.78 is 3.49. The third-order valence-electron chi connectivity index (χ3n) is 4.13. The summed E-state index contributed by atoms with van der Waals surface area (Å²) >= 11 is 0. The van der Waals surface area contributed by atoms with Gasteiger partial charge in [0.05, 0.1) is 23.3 Å². The number of aryl methyl sites for hydroxylation is 2. The van der Waals surface area contributed by atoms with Crippen LogP contribution in [0.5, 0.6) is 0 Å². The van der Waals surface area contributed by atoms with Gasteiger partial charge in [0.25, 0.3) is 5.56 Å². The topological polar surface area (TPSA) is 65.6 Å². The Bertz CT molecular complexity index is 880. The molecule has 1 aromatic carbocycles. The first-order chi connectivity index (χ1) is 11.2. The lowest BCUT2D eigenvalue weighted by molar-refractivity contribution is 0.497. The normalized spacial score (nSPS) is 12.7. The minimum atomic E-state index is -0.210. The molecule has 0 bridgehead atoms. The molecule has 6 nitrogen and oxygen atoms in total. The summed E-state index contributed by atoms with van der Waals surface area (Å²) in [6.07, 6.45) is 5.00. The van der Waals surface area contributed by atoms with E-state index in [1.54, 1.807) is 10.9 Å². The number of rotatable bonds is 5. The van der Waals surface area contributed by atoms with Gasteiger partial charge in [0.15, 0.2) is 0 Å². The maximum Gasteiger partial charge on any atom is 0.261 e. The van der Waals surface area contributed by atoms with Crippen molar-refractivity contribution in [2.45, 2.75) is 46.2 Å². The standard InChI is InChI=1S/C17H21N5O/c1-4-8-22-16(18-10-20-22)12(3)21-11-19-15-7-6-13(5-2)9-14(15)17(21)23/h6-7,9-12H,4-5,8H2,1-3H3/t12-/m0/s1. The van der Waals surface area contributed by atoms with E-state index in [-0.39, 0.29) is 11.6 Å². The fourth-order valence-corrected chi connectivity index (χ4v) is 2.78. The Balaban J connectivity index is 2.10. The second-order valence-corrected chi connectivity index (χ2v) is 5.68.